The highest BCUT2D eigenvalue weighted by Crippen LogP contribution is 2.29. The second-order valence-corrected chi connectivity index (χ2v) is 9.28. The van der Waals surface area contributed by atoms with Crippen LogP contribution in [0.15, 0.2) is 27.5 Å². The van der Waals surface area contributed by atoms with Crippen LogP contribution in [0.5, 0.6) is 0 Å². The number of rotatable bonds is 4. The van der Waals surface area contributed by atoms with Crippen molar-refractivity contribution in [3.05, 3.63) is 52.0 Å². The maximum absolute atomic E-state index is 13.3. The SMILES string of the molecule is CCc1ccc(C(=O)N2CCN(S(=O)(=O)c3c(C)c(C)cc(C)c3C)CC2)o1. The van der Waals surface area contributed by atoms with Gasteiger partial charge in [0.05, 0.1) is 4.90 Å². The van der Waals surface area contributed by atoms with Gasteiger partial charge in [-0.2, -0.15) is 4.31 Å². The van der Waals surface area contributed by atoms with Crippen LogP contribution >= 0.6 is 0 Å². The number of sulfonamides is 1. The predicted octanol–water partition coefficient (Wildman–Crippen LogP) is 3.22. The molecule has 1 aromatic heterocycles. The van der Waals surface area contributed by atoms with Crippen LogP contribution in [-0.4, -0.2) is 49.7 Å². The zero-order valence-corrected chi connectivity index (χ0v) is 18.0. The molecule has 0 unspecified atom stereocenters. The minimum atomic E-state index is -3.61. The van der Waals surface area contributed by atoms with Crippen LogP contribution in [0, 0.1) is 27.7 Å². The average molecular weight is 405 g/mol. The van der Waals surface area contributed by atoms with Crippen molar-refractivity contribution in [1.82, 2.24) is 9.21 Å². The summed E-state index contributed by atoms with van der Waals surface area (Å²) in [4.78, 5) is 14.7. The zero-order chi connectivity index (χ0) is 20.6. The fourth-order valence-electron chi connectivity index (χ4n) is 3.67. The van der Waals surface area contributed by atoms with Gasteiger partial charge in [-0.05, 0) is 62.1 Å². The molecule has 152 valence electrons. The van der Waals surface area contributed by atoms with E-state index >= 15 is 0 Å². The van der Waals surface area contributed by atoms with Gasteiger partial charge in [-0.25, -0.2) is 8.42 Å². The van der Waals surface area contributed by atoms with E-state index in [1.165, 1.54) is 4.31 Å². The number of carbonyl (C=O) groups is 1. The second kappa shape index (κ2) is 7.72. The molecule has 2 heterocycles. The maximum atomic E-state index is 13.3. The Balaban J connectivity index is 1.78. The van der Waals surface area contributed by atoms with Crippen LogP contribution in [0.1, 0.15) is 45.5 Å². The van der Waals surface area contributed by atoms with Crippen molar-refractivity contribution >= 4 is 15.9 Å². The molecule has 1 aromatic carbocycles. The second-order valence-electron chi connectivity index (χ2n) is 7.41. The van der Waals surface area contributed by atoms with E-state index in [-0.39, 0.29) is 19.0 Å². The first kappa shape index (κ1) is 20.6. The lowest BCUT2D eigenvalue weighted by atomic mass is 10.0. The summed E-state index contributed by atoms with van der Waals surface area (Å²) in [5, 5.41) is 0. The van der Waals surface area contributed by atoms with Gasteiger partial charge in [-0.15, -0.1) is 0 Å². The van der Waals surface area contributed by atoms with Crippen molar-refractivity contribution in [3.63, 3.8) is 0 Å². The monoisotopic (exact) mass is 404 g/mol. The summed E-state index contributed by atoms with van der Waals surface area (Å²) < 4.78 is 33.7. The van der Waals surface area contributed by atoms with Gasteiger partial charge in [0.15, 0.2) is 5.76 Å². The van der Waals surface area contributed by atoms with E-state index in [4.69, 9.17) is 4.42 Å². The van der Waals surface area contributed by atoms with Crippen molar-refractivity contribution in [1.29, 1.82) is 0 Å². The molecule has 1 aliphatic rings. The first-order valence-corrected chi connectivity index (χ1v) is 11.1. The van der Waals surface area contributed by atoms with E-state index < -0.39 is 10.0 Å². The van der Waals surface area contributed by atoms with Gasteiger partial charge in [0.25, 0.3) is 5.91 Å². The Morgan fingerprint density at radius 2 is 1.57 bits per heavy atom. The number of hydrogen-bond donors (Lipinski definition) is 0. The molecular formula is C21H28N2O4S. The summed E-state index contributed by atoms with van der Waals surface area (Å²) in [6.07, 6.45) is 0.730. The van der Waals surface area contributed by atoms with Gasteiger partial charge in [0.1, 0.15) is 5.76 Å². The summed E-state index contributed by atoms with van der Waals surface area (Å²) in [6, 6.07) is 5.51. The molecule has 1 amide bonds. The fourth-order valence-corrected chi connectivity index (χ4v) is 5.67. The minimum absolute atomic E-state index is 0.185. The maximum Gasteiger partial charge on any atom is 0.289 e. The van der Waals surface area contributed by atoms with Gasteiger partial charge in [-0.3, -0.25) is 4.79 Å². The molecule has 0 bridgehead atoms. The Bertz CT molecular complexity index is 973. The van der Waals surface area contributed by atoms with Crippen molar-refractivity contribution in [2.75, 3.05) is 26.2 Å². The summed E-state index contributed by atoms with van der Waals surface area (Å²) >= 11 is 0. The zero-order valence-electron chi connectivity index (χ0n) is 17.2. The molecule has 1 fully saturated rings. The molecule has 0 saturated carbocycles. The highest BCUT2D eigenvalue weighted by atomic mass is 32.2. The smallest absolute Gasteiger partial charge is 0.289 e. The summed E-state index contributed by atoms with van der Waals surface area (Å²) in [5.41, 5.74) is 3.54. The highest BCUT2D eigenvalue weighted by molar-refractivity contribution is 7.89. The lowest BCUT2D eigenvalue weighted by molar-refractivity contribution is 0.0664. The van der Waals surface area contributed by atoms with E-state index in [9.17, 15) is 13.2 Å². The number of carbonyl (C=O) groups excluding carboxylic acids is 1. The van der Waals surface area contributed by atoms with Gasteiger partial charge in [0.2, 0.25) is 10.0 Å². The third-order valence-electron chi connectivity index (χ3n) is 5.64. The first-order chi connectivity index (χ1) is 13.2. The van der Waals surface area contributed by atoms with Gasteiger partial charge in [-0.1, -0.05) is 13.0 Å². The Morgan fingerprint density at radius 3 is 2.07 bits per heavy atom. The van der Waals surface area contributed by atoms with Crippen LogP contribution in [0.4, 0.5) is 0 Å². The Kier molecular flexibility index (Phi) is 5.68. The topological polar surface area (TPSA) is 70.8 Å². The van der Waals surface area contributed by atoms with Gasteiger partial charge < -0.3 is 9.32 Å². The Hall–Kier alpha value is -2.12. The van der Waals surface area contributed by atoms with E-state index in [0.717, 1.165) is 34.4 Å². The third-order valence-corrected chi connectivity index (χ3v) is 7.82. The van der Waals surface area contributed by atoms with Crippen LogP contribution in [0.3, 0.4) is 0 Å². The standard InChI is InChI=1S/C21H28N2O4S/c1-6-18-7-8-19(27-18)21(24)22-9-11-23(12-10-22)28(25,26)20-16(4)14(2)13-15(3)17(20)5/h7-8,13H,6,9-12H2,1-5H3. The van der Waals surface area contributed by atoms with E-state index in [0.29, 0.717) is 23.7 Å². The molecule has 1 saturated heterocycles. The fraction of sp³-hybridized carbons (Fsp3) is 0.476. The van der Waals surface area contributed by atoms with Crippen LogP contribution < -0.4 is 0 Å². The highest BCUT2D eigenvalue weighted by Gasteiger charge is 2.33. The first-order valence-electron chi connectivity index (χ1n) is 9.62. The largest absolute Gasteiger partial charge is 0.456 e. The lowest BCUT2D eigenvalue weighted by Gasteiger charge is -2.34. The summed E-state index contributed by atoms with van der Waals surface area (Å²) in [6.45, 7) is 10.8. The quantitative estimate of drug-likeness (QED) is 0.784. The normalized spacial score (nSPS) is 15.8. The van der Waals surface area contributed by atoms with Crippen molar-refractivity contribution in [3.8, 4) is 0 Å². The molecule has 0 atom stereocenters. The lowest BCUT2D eigenvalue weighted by Crippen LogP contribution is -2.50. The molecular weight excluding hydrogens is 376 g/mol. The number of amides is 1. The molecule has 2 aromatic rings. The number of aryl methyl sites for hydroxylation is 3. The van der Waals surface area contributed by atoms with Gasteiger partial charge in [0, 0.05) is 32.6 Å². The molecule has 0 spiro atoms. The van der Waals surface area contributed by atoms with E-state index in [1.54, 1.807) is 17.0 Å². The molecule has 6 nitrogen and oxygen atoms in total. The molecule has 28 heavy (non-hydrogen) atoms. The number of piperazine rings is 1. The Morgan fingerprint density at radius 1 is 1.00 bits per heavy atom. The van der Waals surface area contributed by atoms with Crippen LogP contribution in [-0.2, 0) is 16.4 Å². The Labute approximate surface area is 167 Å². The van der Waals surface area contributed by atoms with Crippen LogP contribution in [0.25, 0.3) is 0 Å². The van der Waals surface area contributed by atoms with E-state index in [1.807, 2.05) is 40.7 Å². The number of nitrogens with zero attached hydrogens (tertiary/aromatic N) is 2. The summed E-state index contributed by atoms with van der Waals surface area (Å²) in [5.74, 6) is 0.898. The number of hydrogen-bond acceptors (Lipinski definition) is 4. The van der Waals surface area contributed by atoms with Gasteiger partial charge >= 0.3 is 0 Å². The van der Waals surface area contributed by atoms with Crippen molar-refractivity contribution in [2.45, 2.75) is 45.9 Å². The predicted molar refractivity (Wildman–Crippen MR) is 108 cm³/mol. The number of furan rings is 1. The number of benzene rings is 1. The third kappa shape index (κ3) is 3.61. The summed E-state index contributed by atoms with van der Waals surface area (Å²) in [7, 11) is -3.61. The van der Waals surface area contributed by atoms with Crippen molar-refractivity contribution in [2.24, 2.45) is 0 Å². The molecule has 7 heteroatoms. The van der Waals surface area contributed by atoms with Crippen molar-refractivity contribution < 1.29 is 17.6 Å². The molecule has 1 aliphatic heterocycles. The minimum Gasteiger partial charge on any atom is -0.456 e. The molecule has 3 rings (SSSR count). The molecule has 0 N–H and O–H groups in total. The molecule has 0 radical (unpaired) electrons. The molecule has 0 aliphatic carbocycles. The average Bonchev–Trinajstić information content (AvgIpc) is 3.15. The van der Waals surface area contributed by atoms with E-state index in [2.05, 4.69) is 0 Å². The van der Waals surface area contributed by atoms with Crippen LogP contribution in [0.2, 0.25) is 0 Å².